The van der Waals surface area contributed by atoms with Crippen molar-refractivity contribution in [3.63, 3.8) is 0 Å². The minimum absolute atomic E-state index is 0.105. The quantitative estimate of drug-likeness (QED) is 0.679. The fraction of sp³-hybridized carbons (Fsp3) is 0.0667. The third-order valence-corrected chi connectivity index (χ3v) is 4.26. The average Bonchev–Trinajstić information content (AvgIpc) is 3.06. The minimum Gasteiger partial charge on any atom is -0.496 e. The Kier molecular flexibility index (Phi) is 4.89. The number of amides is 1. The molecule has 3 aromatic rings. The molecule has 1 aromatic heterocycles. The highest BCUT2D eigenvalue weighted by molar-refractivity contribution is 7.80. The second-order valence-corrected chi connectivity index (χ2v) is 6.01. The Hall–Kier alpha value is -2.29. The summed E-state index contributed by atoms with van der Waals surface area (Å²) in [6, 6.07) is 10.3. The van der Waals surface area contributed by atoms with E-state index in [1.165, 1.54) is 7.11 Å². The monoisotopic (exact) mass is 378 g/mol. The summed E-state index contributed by atoms with van der Waals surface area (Å²) in [4.78, 5) is 12.3. The van der Waals surface area contributed by atoms with Gasteiger partial charge in [0.25, 0.3) is 5.91 Å². The number of thiocarbonyl (C=S) groups is 1. The van der Waals surface area contributed by atoms with Crippen LogP contribution >= 0.6 is 35.5 Å². The SMILES string of the molecule is COc1ccccc1C(=O)NC(=S)Nc1c(Cl)ccc2nsnc12. The van der Waals surface area contributed by atoms with Crippen LogP contribution in [-0.2, 0) is 0 Å². The van der Waals surface area contributed by atoms with Gasteiger partial charge in [0, 0.05) is 0 Å². The highest BCUT2D eigenvalue weighted by Gasteiger charge is 2.15. The van der Waals surface area contributed by atoms with E-state index in [4.69, 9.17) is 28.6 Å². The number of carbonyl (C=O) groups is 1. The van der Waals surface area contributed by atoms with Crippen LogP contribution in [0, 0.1) is 0 Å². The van der Waals surface area contributed by atoms with Gasteiger partial charge in [-0.2, -0.15) is 8.75 Å². The first-order chi connectivity index (χ1) is 11.6. The fourth-order valence-corrected chi connectivity index (χ4v) is 3.03. The number of ether oxygens (including phenoxy) is 1. The zero-order valence-corrected chi connectivity index (χ0v) is 14.8. The van der Waals surface area contributed by atoms with E-state index in [0.29, 0.717) is 33.1 Å². The van der Waals surface area contributed by atoms with Crippen molar-refractivity contribution in [1.29, 1.82) is 0 Å². The number of methoxy groups -OCH3 is 1. The Morgan fingerprint density at radius 1 is 1.25 bits per heavy atom. The largest absolute Gasteiger partial charge is 0.496 e. The number of hydrogen-bond acceptors (Lipinski definition) is 6. The van der Waals surface area contributed by atoms with Crippen LogP contribution < -0.4 is 15.4 Å². The highest BCUT2D eigenvalue weighted by Crippen LogP contribution is 2.29. The van der Waals surface area contributed by atoms with Gasteiger partial charge in [-0.3, -0.25) is 10.1 Å². The number of halogens is 1. The number of para-hydroxylation sites is 1. The van der Waals surface area contributed by atoms with Crippen LogP contribution in [0.5, 0.6) is 5.75 Å². The van der Waals surface area contributed by atoms with Crippen LogP contribution in [0.25, 0.3) is 11.0 Å². The predicted octanol–water partition coefficient (Wildman–Crippen LogP) is 3.48. The molecule has 0 fully saturated rings. The van der Waals surface area contributed by atoms with Gasteiger partial charge in [-0.1, -0.05) is 23.7 Å². The molecule has 0 spiro atoms. The first-order valence-corrected chi connectivity index (χ1v) is 8.28. The molecule has 0 aliphatic heterocycles. The molecule has 0 bridgehead atoms. The van der Waals surface area contributed by atoms with Gasteiger partial charge in [-0.25, -0.2) is 0 Å². The van der Waals surface area contributed by atoms with Crippen LogP contribution in [0.4, 0.5) is 5.69 Å². The van der Waals surface area contributed by atoms with Crippen LogP contribution in [0.2, 0.25) is 5.02 Å². The lowest BCUT2D eigenvalue weighted by Crippen LogP contribution is -2.34. The van der Waals surface area contributed by atoms with Crippen LogP contribution in [0.15, 0.2) is 36.4 Å². The maximum absolute atomic E-state index is 12.3. The van der Waals surface area contributed by atoms with Crippen molar-refractivity contribution in [3.05, 3.63) is 47.0 Å². The molecule has 1 heterocycles. The Balaban J connectivity index is 1.79. The predicted molar refractivity (Wildman–Crippen MR) is 99.1 cm³/mol. The molecule has 2 aromatic carbocycles. The fourth-order valence-electron chi connectivity index (χ4n) is 2.09. The summed E-state index contributed by atoms with van der Waals surface area (Å²) in [6.07, 6.45) is 0. The summed E-state index contributed by atoms with van der Waals surface area (Å²) in [5.41, 5.74) is 2.18. The second kappa shape index (κ2) is 7.08. The van der Waals surface area contributed by atoms with E-state index in [1.807, 2.05) is 0 Å². The van der Waals surface area contributed by atoms with E-state index in [9.17, 15) is 4.79 Å². The molecule has 122 valence electrons. The van der Waals surface area contributed by atoms with Crippen molar-refractivity contribution in [3.8, 4) is 5.75 Å². The Labute approximate surface area is 152 Å². The van der Waals surface area contributed by atoms with Crippen molar-refractivity contribution < 1.29 is 9.53 Å². The molecule has 2 N–H and O–H groups in total. The molecular formula is C15H11ClN4O2S2. The Morgan fingerprint density at radius 3 is 2.83 bits per heavy atom. The minimum atomic E-state index is -0.385. The third-order valence-electron chi connectivity index (χ3n) is 3.19. The van der Waals surface area contributed by atoms with Crippen molar-refractivity contribution in [2.24, 2.45) is 0 Å². The molecule has 0 aliphatic rings. The van der Waals surface area contributed by atoms with Crippen LogP contribution in [0.3, 0.4) is 0 Å². The van der Waals surface area contributed by atoms with E-state index in [1.54, 1.807) is 36.4 Å². The lowest BCUT2D eigenvalue weighted by Gasteiger charge is -2.12. The normalized spacial score (nSPS) is 10.4. The number of aromatic nitrogens is 2. The van der Waals surface area contributed by atoms with Gasteiger partial charge in [0.1, 0.15) is 16.8 Å². The lowest BCUT2D eigenvalue weighted by atomic mass is 10.2. The summed E-state index contributed by atoms with van der Waals surface area (Å²) in [5.74, 6) is 0.0753. The third kappa shape index (κ3) is 3.30. The number of fused-ring (bicyclic) bond motifs is 1. The molecule has 9 heteroatoms. The molecule has 0 atom stereocenters. The van der Waals surface area contributed by atoms with Gasteiger partial charge < -0.3 is 10.1 Å². The molecular weight excluding hydrogens is 368 g/mol. The first kappa shape index (κ1) is 16.6. The molecule has 0 unspecified atom stereocenters. The van der Waals surface area contributed by atoms with Gasteiger partial charge in [0.15, 0.2) is 5.11 Å². The first-order valence-electron chi connectivity index (χ1n) is 6.76. The van der Waals surface area contributed by atoms with E-state index in [-0.39, 0.29) is 11.0 Å². The van der Waals surface area contributed by atoms with E-state index >= 15 is 0 Å². The average molecular weight is 379 g/mol. The number of anilines is 1. The van der Waals surface area contributed by atoms with Crippen molar-refractivity contribution >= 4 is 63.3 Å². The van der Waals surface area contributed by atoms with Gasteiger partial charge in [0.2, 0.25) is 0 Å². The molecule has 1 amide bonds. The number of rotatable bonds is 3. The zero-order chi connectivity index (χ0) is 17.1. The van der Waals surface area contributed by atoms with Gasteiger partial charge in [-0.05, 0) is 36.5 Å². The molecule has 0 aliphatic carbocycles. The van der Waals surface area contributed by atoms with Crippen LogP contribution in [0.1, 0.15) is 10.4 Å². The standard InChI is InChI=1S/C15H11ClN4O2S2/c1-22-11-5-3-2-4-8(11)14(21)18-15(23)17-12-9(16)6-7-10-13(12)20-24-19-10/h2-7H,1H3,(H2,17,18,21,23). The molecule has 6 nitrogen and oxygen atoms in total. The van der Waals surface area contributed by atoms with Gasteiger partial charge in [0.05, 0.1) is 35.1 Å². The molecule has 0 saturated heterocycles. The highest BCUT2D eigenvalue weighted by atomic mass is 35.5. The number of nitrogens with one attached hydrogen (secondary N) is 2. The maximum Gasteiger partial charge on any atom is 0.261 e. The zero-order valence-electron chi connectivity index (χ0n) is 12.4. The molecule has 0 saturated carbocycles. The number of hydrogen-bond donors (Lipinski definition) is 2. The lowest BCUT2D eigenvalue weighted by molar-refractivity contribution is 0.0975. The van der Waals surface area contributed by atoms with Crippen molar-refractivity contribution in [2.75, 3.05) is 12.4 Å². The van der Waals surface area contributed by atoms with Gasteiger partial charge >= 0.3 is 0 Å². The van der Waals surface area contributed by atoms with Crippen molar-refractivity contribution in [1.82, 2.24) is 14.1 Å². The van der Waals surface area contributed by atoms with E-state index in [0.717, 1.165) is 11.7 Å². The summed E-state index contributed by atoms with van der Waals surface area (Å²) in [6.45, 7) is 0. The summed E-state index contributed by atoms with van der Waals surface area (Å²) in [7, 11) is 1.50. The molecule has 24 heavy (non-hydrogen) atoms. The summed E-state index contributed by atoms with van der Waals surface area (Å²) < 4.78 is 13.5. The number of nitrogens with zero attached hydrogens (tertiary/aromatic N) is 2. The maximum atomic E-state index is 12.3. The van der Waals surface area contributed by atoms with E-state index in [2.05, 4.69) is 19.4 Å². The molecule has 0 radical (unpaired) electrons. The number of carbonyl (C=O) groups excluding carboxylic acids is 1. The topological polar surface area (TPSA) is 76.1 Å². The van der Waals surface area contributed by atoms with Crippen LogP contribution in [-0.4, -0.2) is 26.9 Å². The molecule has 3 rings (SSSR count). The van der Waals surface area contributed by atoms with Gasteiger partial charge in [-0.15, -0.1) is 0 Å². The van der Waals surface area contributed by atoms with Crippen molar-refractivity contribution in [2.45, 2.75) is 0 Å². The Bertz CT molecular complexity index is 929. The summed E-state index contributed by atoms with van der Waals surface area (Å²) >= 11 is 12.5. The second-order valence-electron chi connectivity index (χ2n) is 4.66. The smallest absolute Gasteiger partial charge is 0.261 e. The van der Waals surface area contributed by atoms with E-state index < -0.39 is 0 Å². The Morgan fingerprint density at radius 2 is 2.04 bits per heavy atom. The number of benzene rings is 2. The summed E-state index contributed by atoms with van der Waals surface area (Å²) in [5, 5.41) is 6.05.